The second-order valence-corrected chi connectivity index (χ2v) is 3.36. The maximum atomic E-state index is 5.62. The van der Waals surface area contributed by atoms with Gasteiger partial charge in [-0.2, -0.15) is 0 Å². The Bertz CT molecular complexity index is 408. The molecule has 1 aromatic heterocycles. The number of anilines is 1. The number of alkyl halides is 1. The van der Waals surface area contributed by atoms with Crippen LogP contribution in [0, 0.1) is 0 Å². The molecule has 0 atom stereocenters. The van der Waals surface area contributed by atoms with Gasteiger partial charge in [0, 0.05) is 5.69 Å². The number of H-pyrrole nitrogens is 1. The van der Waals surface area contributed by atoms with Crippen LogP contribution in [-0.4, -0.2) is 9.97 Å². The molecule has 12 heavy (non-hydrogen) atoms. The summed E-state index contributed by atoms with van der Waals surface area (Å²) in [7, 11) is 0. The van der Waals surface area contributed by atoms with Gasteiger partial charge in [-0.05, 0) is 18.2 Å². The molecule has 0 bridgehead atoms. The van der Waals surface area contributed by atoms with E-state index in [9.17, 15) is 0 Å². The maximum Gasteiger partial charge on any atom is 0.117 e. The summed E-state index contributed by atoms with van der Waals surface area (Å²) in [5.74, 6) is 0.996. The van der Waals surface area contributed by atoms with E-state index < -0.39 is 0 Å². The molecule has 62 valence electrons. The third-order valence-corrected chi connectivity index (χ3v) is 2.40. The van der Waals surface area contributed by atoms with E-state index in [0.717, 1.165) is 27.0 Å². The molecular weight excluding hydrogens is 265 g/mol. The second kappa shape index (κ2) is 2.93. The number of halogens is 1. The highest BCUT2D eigenvalue weighted by molar-refractivity contribution is 14.1. The molecule has 0 unspecified atom stereocenters. The Morgan fingerprint density at radius 3 is 3.08 bits per heavy atom. The van der Waals surface area contributed by atoms with E-state index in [-0.39, 0.29) is 0 Å². The van der Waals surface area contributed by atoms with Crippen LogP contribution < -0.4 is 5.73 Å². The Kier molecular flexibility index (Phi) is 1.92. The van der Waals surface area contributed by atoms with Gasteiger partial charge in [0.15, 0.2) is 0 Å². The minimum atomic E-state index is 0.770. The number of hydrogen-bond donors (Lipinski definition) is 2. The van der Waals surface area contributed by atoms with Gasteiger partial charge in [-0.3, -0.25) is 0 Å². The molecule has 4 heteroatoms. The van der Waals surface area contributed by atoms with E-state index >= 15 is 0 Å². The fourth-order valence-corrected chi connectivity index (χ4v) is 1.50. The average Bonchev–Trinajstić information content (AvgIpc) is 2.46. The number of fused-ring (bicyclic) bond motifs is 1. The summed E-state index contributed by atoms with van der Waals surface area (Å²) in [4.78, 5) is 7.54. The van der Waals surface area contributed by atoms with Crippen molar-refractivity contribution in [1.29, 1.82) is 0 Å². The first kappa shape index (κ1) is 7.85. The second-order valence-electron chi connectivity index (χ2n) is 2.59. The first-order valence-corrected chi connectivity index (χ1v) is 5.12. The molecule has 0 fully saturated rings. The minimum absolute atomic E-state index is 0.770. The molecule has 0 aliphatic rings. The van der Waals surface area contributed by atoms with Crippen LogP contribution in [0.4, 0.5) is 5.69 Å². The van der Waals surface area contributed by atoms with Crippen molar-refractivity contribution in [3.63, 3.8) is 0 Å². The van der Waals surface area contributed by atoms with Crippen molar-refractivity contribution in [2.75, 3.05) is 5.73 Å². The standard InChI is InChI=1S/C8H8IN3/c9-4-8-11-6-2-1-5(10)3-7(6)12-8/h1-3H,4,10H2,(H,11,12). The van der Waals surface area contributed by atoms with Crippen LogP contribution in [0.15, 0.2) is 18.2 Å². The van der Waals surface area contributed by atoms with E-state index in [1.54, 1.807) is 0 Å². The number of nitrogens with one attached hydrogen (secondary N) is 1. The van der Waals surface area contributed by atoms with E-state index in [4.69, 9.17) is 5.73 Å². The highest BCUT2D eigenvalue weighted by Gasteiger charge is 2.00. The van der Waals surface area contributed by atoms with Crippen molar-refractivity contribution in [3.8, 4) is 0 Å². The lowest BCUT2D eigenvalue weighted by Gasteiger charge is -1.89. The Balaban J connectivity index is 2.67. The van der Waals surface area contributed by atoms with Gasteiger partial charge in [0.25, 0.3) is 0 Å². The van der Waals surface area contributed by atoms with E-state index in [1.807, 2.05) is 18.2 Å². The molecule has 0 radical (unpaired) electrons. The zero-order valence-corrected chi connectivity index (χ0v) is 8.50. The molecule has 0 aliphatic heterocycles. The van der Waals surface area contributed by atoms with Crippen molar-refractivity contribution < 1.29 is 0 Å². The summed E-state index contributed by atoms with van der Waals surface area (Å²) in [6.45, 7) is 0. The Morgan fingerprint density at radius 1 is 1.50 bits per heavy atom. The van der Waals surface area contributed by atoms with Crippen molar-refractivity contribution in [2.24, 2.45) is 0 Å². The lowest BCUT2D eigenvalue weighted by Crippen LogP contribution is -1.82. The van der Waals surface area contributed by atoms with E-state index in [0.29, 0.717) is 0 Å². The van der Waals surface area contributed by atoms with Gasteiger partial charge >= 0.3 is 0 Å². The summed E-state index contributed by atoms with van der Waals surface area (Å²) < 4.78 is 0.895. The first-order valence-electron chi connectivity index (χ1n) is 3.59. The van der Waals surface area contributed by atoms with Crippen LogP contribution >= 0.6 is 22.6 Å². The third kappa shape index (κ3) is 1.26. The number of nitrogens with two attached hydrogens (primary N) is 1. The molecule has 0 saturated heterocycles. The summed E-state index contributed by atoms with van der Waals surface area (Å²) in [5.41, 5.74) is 8.39. The van der Waals surface area contributed by atoms with Gasteiger partial charge in [-0.25, -0.2) is 4.98 Å². The van der Waals surface area contributed by atoms with Gasteiger partial charge in [0.1, 0.15) is 5.82 Å². The number of nitrogen functional groups attached to an aromatic ring is 1. The zero-order chi connectivity index (χ0) is 8.55. The predicted molar refractivity (Wildman–Crippen MR) is 58.2 cm³/mol. The fourth-order valence-electron chi connectivity index (χ4n) is 1.14. The maximum absolute atomic E-state index is 5.62. The SMILES string of the molecule is Nc1ccc2nc(CI)[nH]c2c1. The molecule has 3 nitrogen and oxygen atoms in total. The average molecular weight is 273 g/mol. The summed E-state index contributed by atoms with van der Waals surface area (Å²) in [6.07, 6.45) is 0. The van der Waals surface area contributed by atoms with Crippen molar-refractivity contribution in [1.82, 2.24) is 9.97 Å². The fraction of sp³-hybridized carbons (Fsp3) is 0.125. The lowest BCUT2D eigenvalue weighted by molar-refractivity contribution is 1.16. The minimum Gasteiger partial charge on any atom is -0.399 e. The van der Waals surface area contributed by atoms with Gasteiger partial charge in [0.05, 0.1) is 15.5 Å². The number of benzene rings is 1. The van der Waals surface area contributed by atoms with Gasteiger partial charge in [-0.1, -0.05) is 22.6 Å². The van der Waals surface area contributed by atoms with Gasteiger partial charge < -0.3 is 10.7 Å². The largest absolute Gasteiger partial charge is 0.399 e. The van der Waals surface area contributed by atoms with Crippen molar-refractivity contribution in [2.45, 2.75) is 4.43 Å². The number of nitrogens with zero attached hydrogens (tertiary/aromatic N) is 1. The molecule has 0 saturated carbocycles. The monoisotopic (exact) mass is 273 g/mol. The molecular formula is C8H8IN3. The number of aromatic nitrogens is 2. The molecule has 0 spiro atoms. The first-order chi connectivity index (χ1) is 5.79. The van der Waals surface area contributed by atoms with Crippen LogP contribution in [0.3, 0.4) is 0 Å². The van der Waals surface area contributed by atoms with Crippen LogP contribution in [0.1, 0.15) is 5.82 Å². The highest BCUT2D eigenvalue weighted by Crippen LogP contribution is 2.15. The topological polar surface area (TPSA) is 54.7 Å². The number of imidazole rings is 1. The Labute approximate surface area is 83.5 Å². The highest BCUT2D eigenvalue weighted by atomic mass is 127. The normalized spacial score (nSPS) is 10.8. The van der Waals surface area contributed by atoms with E-state index in [1.165, 1.54) is 0 Å². The van der Waals surface area contributed by atoms with Gasteiger partial charge in [-0.15, -0.1) is 0 Å². The van der Waals surface area contributed by atoms with Crippen molar-refractivity contribution in [3.05, 3.63) is 24.0 Å². The lowest BCUT2D eigenvalue weighted by atomic mass is 10.3. The molecule has 3 N–H and O–H groups in total. The number of hydrogen-bond acceptors (Lipinski definition) is 2. The molecule has 0 aliphatic carbocycles. The quantitative estimate of drug-likeness (QED) is 0.475. The van der Waals surface area contributed by atoms with E-state index in [2.05, 4.69) is 32.6 Å². The third-order valence-electron chi connectivity index (χ3n) is 1.68. The molecule has 1 heterocycles. The Morgan fingerprint density at radius 2 is 2.33 bits per heavy atom. The summed E-state index contributed by atoms with van der Waals surface area (Å²) >= 11 is 2.27. The van der Waals surface area contributed by atoms with Crippen molar-refractivity contribution >= 4 is 39.3 Å². The number of aromatic amines is 1. The van der Waals surface area contributed by atoms with Crippen LogP contribution in [0.2, 0.25) is 0 Å². The van der Waals surface area contributed by atoms with Crippen LogP contribution in [0.25, 0.3) is 11.0 Å². The zero-order valence-electron chi connectivity index (χ0n) is 6.34. The van der Waals surface area contributed by atoms with Gasteiger partial charge in [0.2, 0.25) is 0 Å². The molecule has 0 amide bonds. The molecule has 1 aromatic carbocycles. The predicted octanol–water partition coefficient (Wildman–Crippen LogP) is 2.08. The van der Waals surface area contributed by atoms with Crippen LogP contribution in [0.5, 0.6) is 0 Å². The summed E-state index contributed by atoms with van der Waals surface area (Å²) in [6, 6.07) is 5.69. The summed E-state index contributed by atoms with van der Waals surface area (Å²) in [5, 5.41) is 0. The smallest absolute Gasteiger partial charge is 0.117 e. The molecule has 2 rings (SSSR count). The molecule has 2 aromatic rings. The van der Waals surface area contributed by atoms with Crippen LogP contribution in [-0.2, 0) is 4.43 Å². The number of rotatable bonds is 1. The Hall–Kier alpha value is -0.780.